The molecule has 0 aromatic heterocycles. The number of hydrogen-bond acceptors (Lipinski definition) is 1. The number of carbonyl (C=O) groups excluding carboxylic acids is 1. The van der Waals surface area contributed by atoms with Crippen molar-refractivity contribution in [3.63, 3.8) is 0 Å². The van der Waals surface area contributed by atoms with Crippen LogP contribution in [0.2, 0.25) is 0 Å². The molecule has 0 rings (SSSR count). The lowest BCUT2D eigenvalue weighted by Gasteiger charge is -1.95. The summed E-state index contributed by atoms with van der Waals surface area (Å²) in [5.41, 5.74) is 0. The van der Waals surface area contributed by atoms with Crippen LogP contribution in [0.15, 0.2) is 0 Å². The largest absolute Gasteiger partial charge is 0.300 e. The molecule has 0 aliphatic heterocycles. The second kappa shape index (κ2) is 7.73. The molecule has 0 aromatic rings. The van der Waals surface area contributed by atoms with Crippen molar-refractivity contribution in [3.05, 3.63) is 0 Å². The van der Waals surface area contributed by atoms with Crippen molar-refractivity contribution >= 4 is 37.6 Å². The van der Waals surface area contributed by atoms with E-state index >= 15 is 0 Å². The fraction of sp³-hybridized carbons (Fsp3) is 0.857. The van der Waals surface area contributed by atoms with Crippen LogP contribution < -0.4 is 0 Å². The molecule has 0 N–H and O–H groups in total. The predicted molar refractivity (Wildman–Crippen MR) is 51.1 cm³/mol. The molecule has 0 radical (unpaired) electrons. The van der Waals surface area contributed by atoms with Gasteiger partial charge in [-0.25, -0.2) is 0 Å². The highest BCUT2D eigenvalue weighted by Gasteiger charge is 1.98. The van der Waals surface area contributed by atoms with Gasteiger partial charge in [0.2, 0.25) is 0 Å². The lowest BCUT2D eigenvalue weighted by atomic mass is 10.1. The van der Waals surface area contributed by atoms with E-state index in [1.807, 2.05) is 0 Å². The molecule has 0 spiro atoms. The number of hydrogen-bond donors (Lipinski definition) is 0. The zero-order valence-electron chi connectivity index (χ0n) is 5.91. The molecule has 0 bridgehead atoms. The van der Waals surface area contributed by atoms with Crippen LogP contribution >= 0.6 is 31.9 Å². The Hall–Kier alpha value is 0.630. The van der Waals surface area contributed by atoms with Gasteiger partial charge in [-0.1, -0.05) is 31.9 Å². The number of Topliss-reactive ketones (excluding diaryl/α,β-unsaturated/α-hetero) is 1. The number of carbonyl (C=O) groups is 1. The number of ketones is 1. The third-order valence-electron chi connectivity index (χ3n) is 1.18. The zero-order chi connectivity index (χ0) is 7.82. The summed E-state index contributed by atoms with van der Waals surface area (Å²) in [5.74, 6) is 0.388. The van der Waals surface area contributed by atoms with Gasteiger partial charge in [-0.15, -0.1) is 0 Å². The van der Waals surface area contributed by atoms with Gasteiger partial charge in [-0.3, -0.25) is 4.79 Å². The van der Waals surface area contributed by atoms with Crippen LogP contribution in [-0.2, 0) is 4.79 Å². The Morgan fingerprint density at radius 3 is 1.70 bits per heavy atom. The summed E-state index contributed by atoms with van der Waals surface area (Å²) >= 11 is 6.57. The fourth-order valence-electron chi connectivity index (χ4n) is 0.653. The molecule has 3 heteroatoms. The third-order valence-corrected chi connectivity index (χ3v) is 2.30. The first-order valence-electron chi connectivity index (χ1n) is 3.45. The highest BCUT2D eigenvalue weighted by Crippen LogP contribution is 2.01. The summed E-state index contributed by atoms with van der Waals surface area (Å²) in [7, 11) is 0. The lowest BCUT2D eigenvalue weighted by molar-refractivity contribution is -0.119. The van der Waals surface area contributed by atoms with Crippen molar-refractivity contribution in [3.8, 4) is 0 Å². The minimum absolute atomic E-state index is 0.388. The van der Waals surface area contributed by atoms with E-state index in [0.29, 0.717) is 5.78 Å². The molecule has 0 saturated heterocycles. The minimum atomic E-state index is 0.388. The summed E-state index contributed by atoms with van der Waals surface area (Å²) in [4.78, 5) is 10.9. The average Bonchev–Trinajstić information content (AvgIpc) is 1.97. The molecule has 0 heterocycles. The Bertz CT molecular complexity index is 83.6. The molecular formula is C7H12Br2O. The molecule has 0 aliphatic rings. The van der Waals surface area contributed by atoms with Crippen LogP contribution in [0.4, 0.5) is 0 Å². The van der Waals surface area contributed by atoms with Gasteiger partial charge in [0, 0.05) is 23.5 Å². The van der Waals surface area contributed by atoms with Crippen LogP contribution in [0.25, 0.3) is 0 Å². The Morgan fingerprint density at radius 2 is 1.40 bits per heavy atom. The maximum absolute atomic E-state index is 10.9. The van der Waals surface area contributed by atoms with E-state index in [9.17, 15) is 4.79 Å². The third kappa shape index (κ3) is 6.75. The van der Waals surface area contributed by atoms with E-state index in [4.69, 9.17) is 0 Å². The zero-order valence-corrected chi connectivity index (χ0v) is 9.08. The Labute approximate surface area is 78.8 Å². The smallest absolute Gasteiger partial charge is 0.132 e. The maximum atomic E-state index is 10.9. The minimum Gasteiger partial charge on any atom is -0.300 e. The van der Waals surface area contributed by atoms with E-state index in [1.165, 1.54) is 0 Å². The first kappa shape index (κ1) is 10.6. The van der Waals surface area contributed by atoms with Crippen LogP contribution in [0.5, 0.6) is 0 Å². The molecule has 0 amide bonds. The Kier molecular flexibility index (Phi) is 8.22. The molecule has 0 aromatic carbocycles. The van der Waals surface area contributed by atoms with Gasteiger partial charge in [0.25, 0.3) is 0 Å². The molecule has 10 heavy (non-hydrogen) atoms. The van der Waals surface area contributed by atoms with Crippen LogP contribution in [0.3, 0.4) is 0 Å². The topological polar surface area (TPSA) is 17.1 Å². The summed E-state index contributed by atoms with van der Waals surface area (Å²) in [6.07, 6.45) is 3.42. The summed E-state index contributed by atoms with van der Waals surface area (Å²) in [6.45, 7) is 0. The molecule has 0 atom stereocenters. The molecule has 1 nitrogen and oxygen atoms in total. The summed E-state index contributed by atoms with van der Waals surface area (Å²) < 4.78 is 0. The molecular weight excluding hydrogens is 260 g/mol. The first-order valence-corrected chi connectivity index (χ1v) is 5.69. The highest BCUT2D eigenvalue weighted by atomic mass is 79.9. The van der Waals surface area contributed by atoms with Crippen molar-refractivity contribution in [2.24, 2.45) is 0 Å². The summed E-state index contributed by atoms with van der Waals surface area (Å²) in [6, 6.07) is 0. The fourth-order valence-corrected chi connectivity index (χ4v) is 1.21. The molecule has 0 fully saturated rings. The maximum Gasteiger partial charge on any atom is 0.132 e. The first-order chi connectivity index (χ1) is 4.81. The molecule has 0 aliphatic carbocycles. The number of alkyl halides is 2. The van der Waals surface area contributed by atoms with Gasteiger partial charge in [-0.2, -0.15) is 0 Å². The number of rotatable bonds is 6. The highest BCUT2D eigenvalue weighted by molar-refractivity contribution is 9.09. The Balaban J connectivity index is 3.09. The standard InChI is InChI=1S/C7H12Br2O/c8-5-1-3-7(10)4-2-6-9/h1-6H2. The van der Waals surface area contributed by atoms with Gasteiger partial charge in [-0.05, 0) is 12.8 Å². The van der Waals surface area contributed by atoms with Crippen molar-refractivity contribution in [1.29, 1.82) is 0 Å². The monoisotopic (exact) mass is 270 g/mol. The molecule has 60 valence electrons. The van der Waals surface area contributed by atoms with Crippen molar-refractivity contribution < 1.29 is 4.79 Å². The second-order valence-electron chi connectivity index (χ2n) is 2.12. The van der Waals surface area contributed by atoms with Crippen molar-refractivity contribution in [2.75, 3.05) is 10.7 Å². The number of halogens is 2. The van der Waals surface area contributed by atoms with Gasteiger partial charge in [0.05, 0.1) is 0 Å². The average molecular weight is 272 g/mol. The predicted octanol–water partition coefficient (Wildman–Crippen LogP) is 2.91. The Morgan fingerprint density at radius 1 is 1.00 bits per heavy atom. The van der Waals surface area contributed by atoms with Crippen molar-refractivity contribution in [2.45, 2.75) is 25.7 Å². The van der Waals surface area contributed by atoms with E-state index in [2.05, 4.69) is 31.9 Å². The van der Waals surface area contributed by atoms with Crippen LogP contribution in [-0.4, -0.2) is 16.4 Å². The van der Waals surface area contributed by atoms with E-state index < -0.39 is 0 Å². The van der Waals surface area contributed by atoms with E-state index in [0.717, 1.165) is 36.3 Å². The SMILES string of the molecule is O=C(CCCBr)CCCBr. The van der Waals surface area contributed by atoms with Gasteiger partial charge in [0.1, 0.15) is 5.78 Å². The van der Waals surface area contributed by atoms with Crippen LogP contribution in [0, 0.1) is 0 Å². The van der Waals surface area contributed by atoms with Gasteiger partial charge in [0.15, 0.2) is 0 Å². The summed E-state index contributed by atoms with van der Waals surface area (Å²) in [5, 5.41) is 1.88. The van der Waals surface area contributed by atoms with Gasteiger partial charge >= 0.3 is 0 Å². The normalized spacial score (nSPS) is 9.80. The van der Waals surface area contributed by atoms with E-state index in [-0.39, 0.29) is 0 Å². The quantitative estimate of drug-likeness (QED) is 0.679. The molecule has 0 saturated carbocycles. The lowest BCUT2D eigenvalue weighted by Crippen LogP contribution is -1.97. The second-order valence-corrected chi connectivity index (χ2v) is 3.71. The van der Waals surface area contributed by atoms with Crippen molar-refractivity contribution in [1.82, 2.24) is 0 Å². The van der Waals surface area contributed by atoms with Gasteiger partial charge < -0.3 is 0 Å². The molecule has 0 unspecified atom stereocenters. The van der Waals surface area contributed by atoms with Crippen LogP contribution in [0.1, 0.15) is 25.7 Å². The van der Waals surface area contributed by atoms with E-state index in [1.54, 1.807) is 0 Å².